The number of quaternary nitrogens is 1. The minimum atomic E-state index is -3.75. The molecular weight excluding hydrogens is 360 g/mol. The Kier molecular flexibility index (Phi) is 6.83. The zero-order valence-corrected chi connectivity index (χ0v) is 14.4. The summed E-state index contributed by atoms with van der Waals surface area (Å²) < 4.78 is 14.7. The first kappa shape index (κ1) is 18.4. The molecule has 0 spiro atoms. The summed E-state index contributed by atoms with van der Waals surface area (Å²) in [5.74, 6) is -3.39. The second-order valence-electron chi connectivity index (χ2n) is 4.55. The van der Waals surface area contributed by atoms with Crippen LogP contribution in [-0.2, 0) is 29.8 Å². The molecule has 12 heteroatoms. The van der Waals surface area contributed by atoms with Gasteiger partial charge in [0.15, 0.2) is 0 Å². The van der Waals surface area contributed by atoms with Crippen LogP contribution in [-0.4, -0.2) is 90.3 Å². The average molecular weight is 376 g/mol. The molecule has 3 heterocycles. The van der Waals surface area contributed by atoms with Gasteiger partial charge in [0, 0.05) is 0 Å². The molecule has 22 heavy (non-hydrogen) atoms. The number of hydrogen-bond donors (Lipinski definition) is 1. The van der Waals surface area contributed by atoms with Crippen molar-refractivity contribution in [3.63, 3.8) is 0 Å². The van der Waals surface area contributed by atoms with Gasteiger partial charge in [0.25, 0.3) is 0 Å². The molecule has 0 amide bonds. The Morgan fingerprint density at radius 3 is 2.00 bits per heavy atom. The Labute approximate surface area is 131 Å². The molecule has 3 aliphatic heterocycles. The summed E-state index contributed by atoms with van der Waals surface area (Å²) in [6.45, 7) is -0.701. The van der Waals surface area contributed by atoms with E-state index < -0.39 is 47.7 Å². The molecule has 0 unspecified atom stereocenters. The van der Waals surface area contributed by atoms with Gasteiger partial charge >= 0.3 is 125 Å². The van der Waals surface area contributed by atoms with Crippen molar-refractivity contribution in [1.29, 1.82) is 0 Å². The first-order valence-corrected chi connectivity index (χ1v) is 9.12. The van der Waals surface area contributed by atoms with Crippen LogP contribution in [0.25, 0.3) is 0 Å². The van der Waals surface area contributed by atoms with E-state index in [0.717, 1.165) is 0 Å². The van der Waals surface area contributed by atoms with E-state index in [2.05, 4.69) is 0 Å². The third-order valence-electron chi connectivity index (χ3n) is 2.83. The van der Waals surface area contributed by atoms with Gasteiger partial charge in [-0.3, -0.25) is 0 Å². The fraction of sp³-hybridized carbons (Fsp3) is 0.600. The van der Waals surface area contributed by atoms with Crippen molar-refractivity contribution in [3.8, 4) is 0 Å². The molecule has 0 atom stereocenters. The maximum Gasteiger partial charge on any atom is -0.369 e. The van der Waals surface area contributed by atoms with Crippen LogP contribution in [0.4, 0.5) is 0 Å². The van der Waals surface area contributed by atoms with E-state index in [1.165, 1.54) is 9.80 Å². The predicted molar refractivity (Wildman–Crippen MR) is 67.9 cm³/mol. The number of carbonyl (C=O) groups is 4. The van der Waals surface area contributed by atoms with E-state index in [-0.39, 0.29) is 38.9 Å². The Balaban J connectivity index is 0.00000242. The maximum atomic E-state index is 11.7. The SMILES string of the molecule is O=C([O-])CN1CCN2CC(=O)[O][Ga]([O]C(=O)C1)[O]C(=O)C2.[NH4+]. The van der Waals surface area contributed by atoms with Crippen LogP contribution in [0.15, 0.2) is 0 Å². The number of carboxylic acids is 1. The maximum absolute atomic E-state index is 11.7. The number of rotatable bonds is 2. The van der Waals surface area contributed by atoms with Crippen molar-refractivity contribution in [3.05, 3.63) is 0 Å². The second kappa shape index (κ2) is 8.14. The van der Waals surface area contributed by atoms with Gasteiger partial charge in [-0.05, 0) is 0 Å². The van der Waals surface area contributed by atoms with Crippen molar-refractivity contribution >= 4 is 41.2 Å². The van der Waals surface area contributed by atoms with Crippen molar-refractivity contribution < 1.29 is 34.9 Å². The molecule has 0 aromatic heterocycles. The first-order valence-electron chi connectivity index (χ1n) is 6.15. The number of fused-ring (bicyclic) bond motifs is 9. The topological polar surface area (TPSA) is 162 Å². The van der Waals surface area contributed by atoms with Gasteiger partial charge in [-0.25, -0.2) is 0 Å². The Bertz CT molecular complexity index is 453. The molecule has 4 N–H and O–H groups in total. The molecule has 3 aliphatic rings. The van der Waals surface area contributed by atoms with Crippen LogP contribution in [0, 0.1) is 0 Å². The van der Waals surface area contributed by atoms with Gasteiger partial charge in [0.2, 0.25) is 0 Å². The van der Waals surface area contributed by atoms with Crippen LogP contribution in [0.3, 0.4) is 0 Å². The van der Waals surface area contributed by atoms with Crippen LogP contribution in [0.2, 0.25) is 0 Å². The first-order chi connectivity index (χ1) is 9.92. The summed E-state index contributed by atoms with van der Waals surface area (Å²) in [4.78, 5) is 48.3. The minimum absolute atomic E-state index is 0. The molecule has 0 saturated carbocycles. The summed E-state index contributed by atoms with van der Waals surface area (Å²) >= 11 is -3.75. The fourth-order valence-corrected chi connectivity index (χ4v) is 4.07. The molecule has 0 aliphatic carbocycles. The summed E-state index contributed by atoms with van der Waals surface area (Å²) in [5, 5.41) is 10.7. The number of aliphatic carboxylic acids is 1. The van der Waals surface area contributed by atoms with E-state index >= 15 is 0 Å². The van der Waals surface area contributed by atoms with Gasteiger partial charge in [-0.2, -0.15) is 0 Å². The van der Waals surface area contributed by atoms with E-state index in [4.69, 9.17) is 10.6 Å². The van der Waals surface area contributed by atoms with Crippen molar-refractivity contribution in [2.45, 2.75) is 0 Å². The quantitative estimate of drug-likeness (QED) is 0.476. The fourth-order valence-electron chi connectivity index (χ4n) is 1.95. The Morgan fingerprint density at radius 1 is 1.00 bits per heavy atom. The molecule has 0 radical (unpaired) electrons. The molecule has 3 saturated heterocycles. The molecule has 0 aromatic carbocycles. The Morgan fingerprint density at radius 2 is 1.50 bits per heavy atom. The van der Waals surface area contributed by atoms with Crippen molar-refractivity contribution in [1.82, 2.24) is 16.0 Å². The van der Waals surface area contributed by atoms with E-state index in [0.29, 0.717) is 0 Å². The number of hydrogen-bond acceptors (Lipinski definition) is 10. The molecule has 122 valence electrons. The number of carbonyl (C=O) groups excluding carboxylic acids is 4. The second-order valence-corrected chi connectivity index (χ2v) is 7.25. The van der Waals surface area contributed by atoms with E-state index in [1.54, 1.807) is 0 Å². The third kappa shape index (κ3) is 5.65. The monoisotopic (exact) mass is 375 g/mol. The minimum Gasteiger partial charge on any atom is -0.369 e. The van der Waals surface area contributed by atoms with Crippen LogP contribution < -0.4 is 11.3 Å². The summed E-state index contributed by atoms with van der Waals surface area (Å²) in [7, 11) is 0. The summed E-state index contributed by atoms with van der Waals surface area (Å²) in [6, 6.07) is 0. The zero-order valence-electron chi connectivity index (χ0n) is 12.0. The van der Waals surface area contributed by atoms with Crippen LogP contribution >= 0.6 is 0 Å². The summed E-state index contributed by atoms with van der Waals surface area (Å²) in [6.07, 6.45) is 0. The standard InChI is InChI=1S/C10H16N2O8.Ga.H3N/c13-7(14)3-11(4-8(15)16)1-2-12(5-9(17)18)6-10(19)20;;/h1-6H2,(H,13,14)(H,15,16)(H,17,18)(H,19,20);;1H3/q;+3;/p-3. The predicted octanol–water partition coefficient (Wildman–Crippen LogP) is -3.64. The number of nitrogens with zero attached hydrogens (tertiary/aromatic N) is 2. The number of carboxylic acid groups (broad SMARTS) is 1. The van der Waals surface area contributed by atoms with E-state index in [1.807, 2.05) is 0 Å². The van der Waals surface area contributed by atoms with Crippen LogP contribution in [0.1, 0.15) is 0 Å². The third-order valence-corrected chi connectivity index (χ3v) is 5.69. The van der Waals surface area contributed by atoms with Gasteiger partial charge in [0.1, 0.15) is 0 Å². The molecule has 11 nitrogen and oxygen atoms in total. The van der Waals surface area contributed by atoms with Crippen LogP contribution in [0.5, 0.6) is 0 Å². The average Bonchev–Trinajstić information content (AvgIpc) is 2.35. The Hall–Kier alpha value is -1.60. The van der Waals surface area contributed by atoms with Gasteiger partial charge in [-0.1, -0.05) is 0 Å². The van der Waals surface area contributed by atoms with Gasteiger partial charge in [-0.15, -0.1) is 0 Å². The molecule has 0 aromatic rings. The molecule has 3 fully saturated rings. The normalized spacial score (nSPS) is 20.9. The smallest absolute Gasteiger partial charge is 0.369 e. The molecule has 2 bridgehead atoms. The largest absolute Gasteiger partial charge is 0.369 e. The summed E-state index contributed by atoms with van der Waals surface area (Å²) in [5.41, 5.74) is 0. The molecular formula is C10H16GaN3O8. The van der Waals surface area contributed by atoms with Gasteiger partial charge < -0.3 is 6.15 Å². The van der Waals surface area contributed by atoms with Gasteiger partial charge in [0.05, 0.1) is 0 Å². The van der Waals surface area contributed by atoms with E-state index in [9.17, 15) is 24.3 Å². The zero-order chi connectivity index (χ0) is 15.4. The van der Waals surface area contributed by atoms with Crippen molar-refractivity contribution in [2.75, 3.05) is 39.3 Å². The van der Waals surface area contributed by atoms with Crippen molar-refractivity contribution in [2.24, 2.45) is 0 Å². The molecule has 3 rings (SSSR count).